The van der Waals surface area contributed by atoms with Gasteiger partial charge in [0.25, 0.3) is 5.91 Å². The summed E-state index contributed by atoms with van der Waals surface area (Å²) in [6, 6.07) is 1.76. The van der Waals surface area contributed by atoms with Crippen LogP contribution in [0.2, 0.25) is 0 Å². The summed E-state index contributed by atoms with van der Waals surface area (Å²) >= 11 is 0. The van der Waals surface area contributed by atoms with Crippen molar-refractivity contribution in [2.75, 3.05) is 6.54 Å². The molecule has 0 spiro atoms. The first-order valence-electron chi connectivity index (χ1n) is 7.05. The number of nitrogens with one attached hydrogen (secondary N) is 1. The van der Waals surface area contributed by atoms with Crippen LogP contribution in [0, 0.1) is 12.8 Å². The van der Waals surface area contributed by atoms with Gasteiger partial charge in [0.15, 0.2) is 5.76 Å². The molecule has 0 aliphatic heterocycles. The van der Waals surface area contributed by atoms with Gasteiger partial charge >= 0.3 is 0 Å². The van der Waals surface area contributed by atoms with Crippen molar-refractivity contribution < 1.29 is 14.3 Å². The Morgan fingerprint density at radius 1 is 1.47 bits per heavy atom. The van der Waals surface area contributed by atoms with E-state index in [0.29, 0.717) is 5.76 Å². The fourth-order valence-electron chi connectivity index (χ4n) is 2.81. The molecule has 106 valence electrons. The molecule has 1 saturated carbocycles. The largest absolute Gasteiger partial charge is 0.459 e. The van der Waals surface area contributed by atoms with Crippen LogP contribution < -0.4 is 5.32 Å². The molecule has 4 heteroatoms. The SMILES string of the molecule is Cc1ccoc1C(=O)NC[C@@](C)(O)C1CCCCC1. The Kier molecular flexibility index (Phi) is 4.30. The molecule has 1 aromatic rings. The summed E-state index contributed by atoms with van der Waals surface area (Å²) in [5.41, 5.74) is -0.0221. The van der Waals surface area contributed by atoms with E-state index in [1.54, 1.807) is 6.07 Å². The summed E-state index contributed by atoms with van der Waals surface area (Å²) in [4.78, 5) is 11.9. The lowest BCUT2D eigenvalue weighted by atomic mass is 9.78. The van der Waals surface area contributed by atoms with Crippen LogP contribution in [0.15, 0.2) is 16.7 Å². The van der Waals surface area contributed by atoms with Crippen molar-refractivity contribution in [2.45, 2.75) is 51.6 Å². The van der Waals surface area contributed by atoms with Gasteiger partial charge in [-0.25, -0.2) is 0 Å². The second kappa shape index (κ2) is 5.78. The normalized spacial score (nSPS) is 19.9. The highest BCUT2D eigenvalue weighted by Gasteiger charge is 2.33. The standard InChI is InChI=1S/C15H23NO3/c1-11-8-9-19-13(11)14(17)16-10-15(2,18)12-6-4-3-5-7-12/h8-9,12,18H,3-7,10H2,1-2H3,(H,16,17)/t15-/m1/s1. The molecule has 2 N–H and O–H groups in total. The van der Waals surface area contributed by atoms with E-state index < -0.39 is 5.60 Å². The predicted octanol–water partition coefficient (Wildman–Crippen LogP) is 2.65. The van der Waals surface area contributed by atoms with Crippen molar-refractivity contribution in [1.82, 2.24) is 5.32 Å². The van der Waals surface area contributed by atoms with E-state index in [0.717, 1.165) is 18.4 Å². The van der Waals surface area contributed by atoms with E-state index in [4.69, 9.17) is 4.42 Å². The zero-order valence-corrected chi connectivity index (χ0v) is 11.7. The van der Waals surface area contributed by atoms with Crippen molar-refractivity contribution >= 4 is 5.91 Å². The molecule has 1 aliphatic carbocycles. The summed E-state index contributed by atoms with van der Waals surface area (Å²) in [5, 5.41) is 13.3. The maximum absolute atomic E-state index is 11.9. The minimum absolute atomic E-state index is 0.251. The summed E-state index contributed by atoms with van der Waals surface area (Å²) < 4.78 is 5.14. The van der Waals surface area contributed by atoms with Crippen LogP contribution in [0.25, 0.3) is 0 Å². The van der Waals surface area contributed by atoms with E-state index in [9.17, 15) is 9.90 Å². The van der Waals surface area contributed by atoms with Crippen molar-refractivity contribution in [2.24, 2.45) is 5.92 Å². The lowest BCUT2D eigenvalue weighted by molar-refractivity contribution is -0.0145. The number of amides is 1. The van der Waals surface area contributed by atoms with Crippen molar-refractivity contribution in [3.8, 4) is 0 Å². The van der Waals surface area contributed by atoms with E-state index in [-0.39, 0.29) is 18.4 Å². The molecule has 2 rings (SSSR count). The molecule has 1 fully saturated rings. The van der Waals surface area contributed by atoms with Gasteiger partial charge in [-0.05, 0) is 38.7 Å². The third kappa shape index (κ3) is 3.38. The third-order valence-electron chi connectivity index (χ3n) is 4.16. The molecule has 1 heterocycles. The second-order valence-corrected chi connectivity index (χ2v) is 5.81. The van der Waals surface area contributed by atoms with Crippen LogP contribution in [0.1, 0.15) is 55.1 Å². The first-order valence-corrected chi connectivity index (χ1v) is 7.05. The van der Waals surface area contributed by atoms with Gasteiger partial charge in [-0.3, -0.25) is 4.79 Å². The number of rotatable bonds is 4. The second-order valence-electron chi connectivity index (χ2n) is 5.81. The van der Waals surface area contributed by atoms with Crippen LogP contribution >= 0.6 is 0 Å². The van der Waals surface area contributed by atoms with E-state index >= 15 is 0 Å². The lowest BCUT2D eigenvalue weighted by Gasteiger charge is -2.35. The van der Waals surface area contributed by atoms with Gasteiger partial charge in [-0.2, -0.15) is 0 Å². The molecule has 1 aromatic heterocycles. The van der Waals surface area contributed by atoms with Crippen LogP contribution in [0.4, 0.5) is 0 Å². The predicted molar refractivity (Wildman–Crippen MR) is 73.0 cm³/mol. The first kappa shape index (κ1) is 14.1. The van der Waals surface area contributed by atoms with Gasteiger partial charge in [0, 0.05) is 12.1 Å². The average Bonchev–Trinajstić information content (AvgIpc) is 2.83. The molecular formula is C15H23NO3. The summed E-state index contributed by atoms with van der Waals surface area (Å²) in [7, 11) is 0. The Labute approximate surface area is 114 Å². The van der Waals surface area contributed by atoms with Gasteiger partial charge in [-0.1, -0.05) is 19.3 Å². The third-order valence-corrected chi connectivity index (χ3v) is 4.16. The molecule has 0 unspecified atom stereocenters. The van der Waals surface area contributed by atoms with Gasteiger partial charge in [-0.15, -0.1) is 0 Å². The lowest BCUT2D eigenvalue weighted by Crippen LogP contribution is -2.46. The molecule has 19 heavy (non-hydrogen) atoms. The maximum atomic E-state index is 11.9. The fourth-order valence-corrected chi connectivity index (χ4v) is 2.81. The molecule has 0 aromatic carbocycles. The maximum Gasteiger partial charge on any atom is 0.287 e. The number of carbonyl (C=O) groups excluding carboxylic acids is 1. The zero-order valence-electron chi connectivity index (χ0n) is 11.7. The Balaban J connectivity index is 1.90. The van der Waals surface area contributed by atoms with Gasteiger partial charge in [0.1, 0.15) is 0 Å². The van der Waals surface area contributed by atoms with Crippen molar-refractivity contribution in [1.29, 1.82) is 0 Å². The topological polar surface area (TPSA) is 62.5 Å². The quantitative estimate of drug-likeness (QED) is 0.879. The summed E-state index contributed by atoms with van der Waals surface area (Å²) in [5.74, 6) is 0.359. The molecule has 0 bridgehead atoms. The molecule has 0 radical (unpaired) electrons. The highest BCUT2D eigenvalue weighted by Crippen LogP contribution is 2.32. The van der Waals surface area contributed by atoms with Crippen molar-refractivity contribution in [3.05, 3.63) is 23.7 Å². The molecular weight excluding hydrogens is 242 g/mol. The number of hydrogen-bond acceptors (Lipinski definition) is 3. The average molecular weight is 265 g/mol. The summed E-state index contributed by atoms with van der Waals surface area (Å²) in [6.45, 7) is 3.92. The highest BCUT2D eigenvalue weighted by atomic mass is 16.3. The van der Waals surface area contributed by atoms with E-state index in [1.807, 2.05) is 13.8 Å². The smallest absolute Gasteiger partial charge is 0.287 e. The molecule has 4 nitrogen and oxygen atoms in total. The molecule has 1 aliphatic rings. The van der Waals surface area contributed by atoms with Gasteiger partial charge in [0.2, 0.25) is 0 Å². The van der Waals surface area contributed by atoms with Crippen LogP contribution in [0.5, 0.6) is 0 Å². The number of hydrogen-bond donors (Lipinski definition) is 2. The monoisotopic (exact) mass is 265 g/mol. The van der Waals surface area contributed by atoms with E-state index in [1.165, 1.54) is 25.5 Å². The van der Waals surface area contributed by atoms with Gasteiger partial charge < -0.3 is 14.8 Å². The minimum atomic E-state index is -0.837. The highest BCUT2D eigenvalue weighted by molar-refractivity contribution is 5.92. The number of aryl methyl sites for hydroxylation is 1. The Bertz CT molecular complexity index is 430. The zero-order chi connectivity index (χ0) is 13.9. The number of carbonyl (C=O) groups is 1. The number of aliphatic hydroxyl groups is 1. The first-order chi connectivity index (χ1) is 9.00. The Morgan fingerprint density at radius 2 is 2.16 bits per heavy atom. The molecule has 0 saturated heterocycles. The Morgan fingerprint density at radius 3 is 2.74 bits per heavy atom. The van der Waals surface area contributed by atoms with E-state index in [2.05, 4.69) is 5.32 Å². The molecule has 1 amide bonds. The van der Waals surface area contributed by atoms with Crippen LogP contribution in [0.3, 0.4) is 0 Å². The van der Waals surface area contributed by atoms with Crippen LogP contribution in [-0.2, 0) is 0 Å². The fraction of sp³-hybridized carbons (Fsp3) is 0.667. The van der Waals surface area contributed by atoms with Crippen LogP contribution in [-0.4, -0.2) is 23.2 Å². The van der Waals surface area contributed by atoms with Crippen molar-refractivity contribution in [3.63, 3.8) is 0 Å². The number of furan rings is 1. The Hall–Kier alpha value is -1.29. The minimum Gasteiger partial charge on any atom is -0.459 e. The molecule has 1 atom stereocenters. The summed E-state index contributed by atoms with van der Waals surface area (Å²) in [6.07, 6.45) is 7.19. The van der Waals surface area contributed by atoms with Gasteiger partial charge in [0.05, 0.1) is 11.9 Å².